The topological polar surface area (TPSA) is 85.0 Å². The summed E-state index contributed by atoms with van der Waals surface area (Å²) in [4.78, 5) is 29.3. The first-order valence-electron chi connectivity index (χ1n) is 8.38. The molecule has 3 rings (SSSR count). The first kappa shape index (κ1) is 17.8. The fraction of sp³-hybridized carbons (Fsp3) is 0.263. The second-order valence-corrected chi connectivity index (χ2v) is 5.85. The van der Waals surface area contributed by atoms with Gasteiger partial charge in [-0.15, -0.1) is 0 Å². The van der Waals surface area contributed by atoms with Gasteiger partial charge in [-0.3, -0.25) is 24.8 Å². The molecule has 0 aromatic heterocycles. The van der Waals surface area contributed by atoms with Crippen LogP contribution in [0.25, 0.3) is 0 Å². The van der Waals surface area contributed by atoms with Crippen molar-refractivity contribution in [2.45, 2.75) is 13.3 Å². The zero-order valence-corrected chi connectivity index (χ0v) is 14.4. The van der Waals surface area contributed by atoms with Gasteiger partial charge in [0.2, 0.25) is 0 Å². The first-order chi connectivity index (χ1) is 12.6. The monoisotopic (exact) mass is 353 g/mol. The Hall–Kier alpha value is -3.06. The third-order valence-corrected chi connectivity index (χ3v) is 4.03. The number of carbonyl (C=O) groups is 1. The van der Waals surface area contributed by atoms with E-state index in [1.54, 1.807) is 6.07 Å². The predicted octanol–water partition coefficient (Wildman–Crippen LogP) is 3.16. The van der Waals surface area contributed by atoms with E-state index < -0.39 is 4.92 Å². The number of hydrogen-bond acceptors (Lipinski definition) is 5. The molecule has 0 saturated carbocycles. The van der Waals surface area contributed by atoms with Crippen molar-refractivity contribution in [3.63, 3.8) is 0 Å². The number of anilines is 1. The van der Waals surface area contributed by atoms with Crippen LogP contribution < -0.4 is 4.90 Å². The van der Waals surface area contributed by atoms with Crippen LogP contribution in [0.2, 0.25) is 0 Å². The van der Waals surface area contributed by atoms with E-state index in [1.165, 1.54) is 17.0 Å². The van der Waals surface area contributed by atoms with Crippen molar-refractivity contribution in [2.75, 3.05) is 24.8 Å². The summed E-state index contributed by atoms with van der Waals surface area (Å²) < 4.78 is 5.54. The fourth-order valence-corrected chi connectivity index (χ4v) is 2.80. The molecule has 1 aliphatic rings. The van der Waals surface area contributed by atoms with Gasteiger partial charge >= 0.3 is 0 Å². The Bertz CT molecular complexity index is 849. The molecule has 0 atom stereocenters. The van der Waals surface area contributed by atoms with E-state index in [0.29, 0.717) is 23.6 Å². The Morgan fingerprint density at radius 1 is 1.23 bits per heavy atom. The molecule has 0 unspecified atom stereocenters. The molecule has 2 aromatic rings. The van der Waals surface area contributed by atoms with Gasteiger partial charge in [-0.05, 0) is 12.5 Å². The summed E-state index contributed by atoms with van der Waals surface area (Å²) >= 11 is 0. The van der Waals surface area contributed by atoms with E-state index in [9.17, 15) is 14.9 Å². The van der Waals surface area contributed by atoms with Crippen LogP contribution in [0.15, 0.2) is 53.5 Å². The molecule has 1 heterocycles. The summed E-state index contributed by atoms with van der Waals surface area (Å²) in [6, 6.07) is 13.8. The van der Waals surface area contributed by atoms with Crippen LogP contribution in [0.3, 0.4) is 0 Å². The number of amides is 1. The number of benzodiazepines with no additional fused rings is 1. The average molecular weight is 353 g/mol. The minimum atomic E-state index is -0.451. The first-order valence-corrected chi connectivity index (χ1v) is 8.38. The molecule has 1 aliphatic heterocycles. The second kappa shape index (κ2) is 7.88. The third kappa shape index (κ3) is 3.62. The molecule has 7 heteroatoms. The molecular weight excluding hydrogens is 334 g/mol. The van der Waals surface area contributed by atoms with E-state index in [1.807, 2.05) is 37.3 Å². The largest absolute Gasteiger partial charge is 0.361 e. The number of nitro groups is 1. The number of aliphatic imine (C=N–C) groups is 1. The second-order valence-electron chi connectivity index (χ2n) is 5.85. The lowest BCUT2D eigenvalue weighted by Gasteiger charge is -2.22. The Morgan fingerprint density at radius 2 is 2.00 bits per heavy atom. The Kier molecular flexibility index (Phi) is 5.38. The summed E-state index contributed by atoms with van der Waals surface area (Å²) in [6.45, 7) is 2.56. The number of rotatable bonds is 6. The molecule has 0 bridgehead atoms. The van der Waals surface area contributed by atoms with Crippen LogP contribution in [0.4, 0.5) is 11.4 Å². The van der Waals surface area contributed by atoms with E-state index >= 15 is 0 Å². The molecule has 1 amide bonds. The highest BCUT2D eigenvalue weighted by atomic mass is 16.6. The van der Waals surface area contributed by atoms with Gasteiger partial charge in [0, 0.05) is 29.9 Å². The van der Waals surface area contributed by atoms with Crippen molar-refractivity contribution in [3.05, 3.63) is 69.8 Å². The minimum Gasteiger partial charge on any atom is -0.361 e. The number of non-ortho nitro benzene ring substituents is 1. The van der Waals surface area contributed by atoms with Gasteiger partial charge in [0.15, 0.2) is 0 Å². The maximum absolute atomic E-state index is 12.6. The highest BCUT2D eigenvalue weighted by Crippen LogP contribution is 2.30. The van der Waals surface area contributed by atoms with Crippen LogP contribution in [0, 0.1) is 10.1 Å². The smallest absolute Gasteiger partial charge is 0.270 e. The van der Waals surface area contributed by atoms with Crippen LogP contribution in [-0.4, -0.2) is 36.4 Å². The highest BCUT2D eigenvalue weighted by molar-refractivity contribution is 6.19. The molecule has 0 fully saturated rings. The average Bonchev–Trinajstić information content (AvgIpc) is 2.79. The SMILES string of the molecule is CCCOCN1C(=O)CN=C(c2ccccc2)c2cc([N+](=O)[O-])ccc21. The summed E-state index contributed by atoms with van der Waals surface area (Å²) in [5, 5.41) is 11.2. The van der Waals surface area contributed by atoms with Crippen molar-refractivity contribution in [3.8, 4) is 0 Å². The molecule has 0 N–H and O–H groups in total. The zero-order chi connectivity index (χ0) is 18.5. The predicted molar refractivity (Wildman–Crippen MR) is 98.6 cm³/mol. The quantitative estimate of drug-likeness (QED) is 0.453. The van der Waals surface area contributed by atoms with Crippen molar-refractivity contribution < 1.29 is 14.5 Å². The lowest BCUT2D eigenvalue weighted by molar-refractivity contribution is -0.384. The molecule has 0 aliphatic carbocycles. The number of benzene rings is 2. The maximum atomic E-state index is 12.6. The molecule has 2 aromatic carbocycles. The molecule has 0 radical (unpaired) electrons. The summed E-state index contributed by atoms with van der Waals surface area (Å²) in [6.07, 6.45) is 0.834. The number of nitrogens with zero attached hydrogens (tertiary/aromatic N) is 3. The van der Waals surface area contributed by atoms with Crippen LogP contribution in [-0.2, 0) is 9.53 Å². The Balaban J connectivity index is 2.11. The van der Waals surface area contributed by atoms with E-state index in [-0.39, 0.29) is 24.9 Å². The van der Waals surface area contributed by atoms with Crippen LogP contribution >= 0.6 is 0 Å². The molecule has 7 nitrogen and oxygen atoms in total. The van der Waals surface area contributed by atoms with Crippen LogP contribution in [0.1, 0.15) is 24.5 Å². The summed E-state index contributed by atoms with van der Waals surface area (Å²) in [5.41, 5.74) is 2.44. The van der Waals surface area contributed by atoms with E-state index in [0.717, 1.165) is 12.0 Å². The molecule has 0 saturated heterocycles. The van der Waals surface area contributed by atoms with Crippen molar-refractivity contribution in [1.29, 1.82) is 0 Å². The van der Waals surface area contributed by atoms with Crippen molar-refractivity contribution in [1.82, 2.24) is 0 Å². The lowest BCUT2D eigenvalue weighted by Crippen LogP contribution is -2.34. The van der Waals surface area contributed by atoms with Gasteiger partial charge in [0.05, 0.1) is 16.3 Å². The molecule has 0 spiro atoms. The number of carbonyl (C=O) groups excluding carboxylic acids is 1. The minimum absolute atomic E-state index is 0.0395. The normalized spacial score (nSPS) is 13.8. The number of fused-ring (bicyclic) bond motifs is 1. The van der Waals surface area contributed by atoms with Crippen molar-refractivity contribution in [2.24, 2.45) is 4.99 Å². The van der Waals surface area contributed by atoms with Gasteiger partial charge in [0.25, 0.3) is 11.6 Å². The summed E-state index contributed by atoms with van der Waals surface area (Å²) in [7, 11) is 0. The molecule has 26 heavy (non-hydrogen) atoms. The number of hydrogen-bond donors (Lipinski definition) is 0. The fourth-order valence-electron chi connectivity index (χ4n) is 2.80. The van der Waals surface area contributed by atoms with Gasteiger partial charge in [0.1, 0.15) is 13.3 Å². The Morgan fingerprint density at radius 3 is 2.69 bits per heavy atom. The van der Waals surface area contributed by atoms with Gasteiger partial charge in [-0.2, -0.15) is 0 Å². The highest BCUT2D eigenvalue weighted by Gasteiger charge is 2.27. The van der Waals surface area contributed by atoms with E-state index in [4.69, 9.17) is 4.74 Å². The Labute approximate surface area is 151 Å². The number of ether oxygens (including phenoxy) is 1. The summed E-state index contributed by atoms with van der Waals surface area (Å²) in [5.74, 6) is -0.206. The zero-order valence-electron chi connectivity index (χ0n) is 14.4. The number of nitro benzene ring substituents is 1. The van der Waals surface area contributed by atoms with Gasteiger partial charge in [-0.1, -0.05) is 37.3 Å². The van der Waals surface area contributed by atoms with Gasteiger partial charge in [-0.25, -0.2) is 0 Å². The van der Waals surface area contributed by atoms with Crippen LogP contribution in [0.5, 0.6) is 0 Å². The third-order valence-electron chi connectivity index (χ3n) is 4.03. The van der Waals surface area contributed by atoms with Crippen molar-refractivity contribution >= 4 is 23.0 Å². The standard InChI is InChI=1S/C19H19N3O4/c1-2-10-26-13-21-17-9-8-15(22(24)25)11-16(17)19(20-12-18(21)23)14-6-4-3-5-7-14/h3-9,11H,2,10,12-13H2,1H3. The van der Waals surface area contributed by atoms with E-state index in [2.05, 4.69) is 4.99 Å². The maximum Gasteiger partial charge on any atom is 0.270 e. The lowest BCUT2D eigenvalue weighted by atomic mass is 9.99. The molecular formula is C19H19N3O4. The molecule has 134 valence electrons. The van der Waals surface area contributed by atoms with Gasteiger partial charge < -0.3 is 4.74 Å².